The van der Waals surface area contributed by atoms with Gasteiger partial charge in [0.25, 0.3) is 0 Å². The van der Waals surface area contributed by atoms with Crippen LogP contribution < -0.4 is 5.32 Å². The van der Waals surface area contributed by atoms with Crippen molar-refractivity contribution in [2.75, 3.05) is 12.8 Å². The number of hydrogen-bond donors (Lipinski definition) is 1. The van der Waals surface area contributed by atoms with E-state index < -0.39 is 0 Å². The molecule has 96 valence electrons. The Hall–Kier alpha value is -0.0600. The van der Waals surface area contributed by atoms with Crippen LogP contribution >= 0.6 is 27.7 Å². The van der Waals surface area contributed by atoms with Gasteiger partial charge in [-0.2, -0.15) is 11.8 Å². The molecule has 0 aliphatic carbocycles. The number of halogens is 2. The van der Waals surface area contributed by atoms with Crippen molar-refractivity contribution in [1.82, 2.24) is 5.32 Å². The molecule has 2 unspecified atom stereocenters. The Labute approximate surface area is 116 Å². The molecule has 0 amide bonds. The second-order valence-corrected chi connectivity index (χ2v) is 6.37. The lowest BCUT2D eigenvalue weighted by atomic mass is 10.1. The maximum Gasteiger partial charge on any atom is 0.129 e. The van der Waals surface area contributed by atoms with Gasteiger partial charge < -0.3 is 5.32 Å². The van der Waals surface area contributed by atoms with Crippen molar-refractivity contribution >= 4 is 27.7 Å². The first-order valence-electron chi connectivity index (χ1n) is 5.75. The second-order valence-electron chi connectivity index (χ2n) is 4.18. The molecule has 0 radical (unpaired) electrons. The molecule has 0 aliphatic rings. The van der Waals surface area contributed by atoms with E-state index in [1.165, 1.54) is 6.07 Å². The highest BCUT2D eigenvalue weighted by atomic mass is 79.9. The van der Waals surface area contributed by atoms with Crippen LogP contribution in [0.1, 0.15) is 31.9 Å². The van der Waals surface area contributed by atoms with Crippen LogP contribution in [-0.2, 0) is 0 Å². The minimum atomic E-state index is -0.155. The number of benzene rings is 1. The molecule has 0 aromatic heterocycles. The van der Waals surface area contributed by atoms with Crippen molar-refractivity contribution in [3.05, 3.63) is 34.1 Å². The van der Waals surface area contributed by atoms with E-state index in [-0.39, 0.29) is 11.9 Å². The molecule has 0 saturated carbocycles. The Bertz CT molecular complexity index is 359. The van der Waals surface area contributed by atoms with E-state index >= 15 is 0 Å². The molecule has 1 N–H and O–H groups in total. The maximum atomic E-state index is 13.7. The molecular weight excluding hydrogens is 301 g/mol. The normalized spacial score (nSPS) is 14.6. The van der Waals surface area contributed by atoms with E-state index in [4.69, 9.17) is 0 Å². The summed E-state index contributed by atoms with van der Waals surface area (Å²) in [6.45, 7) is 5.12. The zero-order chi connectivity index (χ0) is 12.8. The standard InChI is InChI=1S/C13H19BrFNS/c1-9(17-3)6-7-16-10(2)12-5-4-11(14)8-13(12)15/h4-5,8-10,16H,6-7H2,1-3H3. The highest BCUT2D eigenvalue weighted by Gasteiger charge is 2.10. The van der Waals surface area contributed by atoms with Crippen LogP contribution in [0.5, 0.6) is 0 Å². The van der Waals surface area contributed by atoms with Crippen LogP contribution in [0.3, 0.4) is 0 Å². The van der Waals surface area contributed by atoms with Crippen LogP contribution in [0.15, 0.2) is 22.7 Å². The fourth-order valence-electron chi connectivity index (χ4n) is 1.58. The molecule has 1 aromatic rings. The highest BCUT2D eigenvalue weighted by molar-refractivity contribution is 9.10. The van der Waals surface area contributed by atoms with Gasteiger partial charge in [-0.3, -0.25) is 0 Å². The molecule has 17 heavy (non-hydrogen) atoms. The molecule has 0 bridgehead atoms. The first-order valence-corrected chi connectivity index (χ1v) is 7.83. The Balaban J connectivity index is 2.49. The lowest BCUT2D eigenvalue weighted by molar-refractivity contribution is 0.521. The van der Waals surface area contributed by atoms with E-state index in [9.17, 15) is 4.39 Å². The minimum absolute atomic E-state index is 0.0529. The first-order chi connectivity index (χ1) is 8.04. The zero-order valence-electron chi connectivity index (χ0n) is 10.5. The summed E-state index contributed by atoms with van der Waals surface area (Å²) in [7, 11) is 0. The highest BCUT2D eigenvalue weighted by Crippen LogP contribution is 2.21. The van der Waals surface area contributed by atoms with Crippen LogP contribution in [0.4, 0.5) is 4.39 Å². The monoisotopic (exact) mass is 319 g/mol. The Morgan fingerprint density at radius 2 is 2.12 bits per heavy atom. The Morgan fingerprint density at radius 3 is 2.71 bits per heavy atom. The van der Waals surface area contributed by atoms with Gasteiger partial charge in [0.2, 0.25) is 0 Å². The molecule has 0 aliphatic heterocycles. The van der Waals surface area contributed by atoms with Gasteiger partial charge in [0.15, 0.2) is 0 Å². The van der Waals surface area contributed by atoms with Gasteiger partial charge in [-0.15, -0.1) is 0 Å². The lowest BCUT2D eigenvalue weighted by Crippen LogP contribution is -2.22. The number of nitrogens with one attached hydrogen (secondary N) is 1. The van der Waals surface area contributed by atoms with Gasteiger partial charge in [-0.25, -0.2) is 4.39 Å². The van der Waals surface area contributed by atoms with Crippen LogP contribution in [-0.4, -0.2) is 18.1 Å². The third kappa shape index (κ3) is 4.98. The van der Waals surface area contributed by atoms with Crippen molar-refractivity contribution in [3.63, 3.8) is 0 Å². The third-order valence-corrected chi connectivity index (χ3v) is 4.37. The minimum Gasteiger partial charge on any atom is -0.310 e. The van der Waals surface area contributed by atoms with Gasteiger partial charge in [0, 0.05) is 21.3 Å². The SMILES string of the molecule is CSC(C)CCNC(C)c1ccc(Br)cc1F. The van der Waals surface area contributed by atoms with Gasteiger partial charge in [-0.05, 0) is 38.3 Å². The topological polar surface area (TPSA) is 12.0 Å². The van der Waals surface area contributed by atoms with Crippen molar-refractivity contribution in [1.29, 1.82) is 0 Å². The first kappa shape index (κ1) is 15.0. The Kier molecular flexibility index (Phi) is 6.52. The maximum absolute atomic E-state index is 13.7. The molecule has 0 saturated heterocycles. The fourth-order valence-corrected chi connectivity index (χ4v) is 2.27. The summed E-state index contributed by atoms with van der Waals surface area (Å²) in [6, 6.07) is 5.27. The van der Waals surface area contributed by atoms with Crippen LogP contribution in [0.2, 0.25) is 0 Å². The van der Waals surface area contributed by atoms with E-state index in [1.54, 1.807) is 0 Å². The smallest absolute Gasteiger partial charge is 0.129 e. The molecule has 1 nitrogen and oxygen atoms in total. The van der Waals surface area contributed by atoms with Crippen molar-refractivity contribution in [2.45, 2.75) is 31.6 Å². The summed E-state index contributed by atoms with van der Waals surface area (Å²) in [5.41, 5.74) is 0.727. The summed E-state index contributed by atoms with van der Waals surface area (Å²) in [6.07, 6.45) is 3.21. The van der Waals surface area contributed by atoms with E-state index in [0.717, 1.165) is 23.0 Å². The van der Waals surface area contributed by atoms with Crippen molar-refractivity contribution in [2.24, 2.45) is 0 Å². The number of rotatable bonds is 6. The molecule has 0 fully saturated rings. The van der Waals surface area contributed by atoms with Gasteiger partial charge >= 0.3 is 0 Å². The van der Waals surface area contributed by atoms with Gasteiger partial charge in [-0.1, -0.05) is 28.9 Å². The number of thioether (sulfide) groups is 1. The van der Waals surface area contributed by atoms with Gasteiger partial charge in [0.05, 0.1) is 0 Å². The molecule has 1 aromatic carbocycles. The summed E-state index contributed by atoms with van der Waals surface area (Å²) in [4.78, 5) is 0. The molecule has 2 atom stereocenters. The van der Waals surface area contributed by atoms with Crippen molar-refractivity contribution in [3.8, 4) is 0 Å². The zero-order valence-corrected chi connectivity index (χ0v) is 12.9. The average Bonchev–Trinajstić information content (AvgIpc) is 2.28. The summed E-state index contributed by atoms with van der Waals surface area (Å²) in [5.74, 6) is -0.155. The van der Waals surface area contributed by atoms with Gasteiger partial charge in [0.1, 0.15) is 5.82 Å². The molecule has 4 heteroatoms. The van der Waals surface area contributed by atoms with E-state index in [0.29, 0.717) is 5.25 Å². The van der Waals surface area contributed by atoms with E-state index in [1.807, 2.05) is 30.8 Å². The fraction of sp³-hybridized carbons (Fsp3) is 0.538. The molecular formula is C13H19BrFNS. The summed E-state index contributed by atoms with van der Waals surface area (Å²) >= 11 is 5.12. The average molecular weight is 320 g/mol. The van der Waals surface area contributed by atoms with Crippen molar-refractivity contribution < 1.29 is 4.39 Å². The third-order valence-electron chi connectivity index (χ3n) is 2.83. The number of hydrogen-bond acceptors (Lipinski definition) is 2. The molecule has 1 rings (SSSR count). The summed E-state index contributed by atoms with van der Waals surface area (Å²) < 4.78 is 14.5. The quantitative estimate of drug-likeness (QED) is 0.835. The lowest BCUT2D eigenvalue weighted by Gasteiger charge is -2.16. The predicted octanol–water partition coefficient (Wildman–Crippen LogP) is 4.38. The summed E-state index contributed by atoms with van der Waals surface area (Å²) in [5, 5.41) is 4.00. The molecule has 0 spiro atoms. The Morgan fingerprint density at radius 1 is 1.41 bits per heavy atom. The largest absolute Gasteiger partial charge is 0.310 e. The van der Waals surface area contributed by atoms with Crippen LogP contribution in [0.25, 0.3) is 0 Å². The second kappa shape index (κ2) is 7.39. The molecule has 0 heterocycles. The van der Waals surface area contributed by atoms with E-state index in [2.05, 4.69) is 34.4 Å². The predicted molar refractivity (Wildman–Crippen MR) is 78.1 cm³/mol. The van der Waals surface area contributed by atoms with Crippen LogP contribution in [0, 0.1) is 5.82 Å².